The number of Topliss-reactive ketones (excluding diaryl/α,β-unsaturated/α-hetero) is 1. The summed E-state index contributed by atoms with van der Waals surface area (Å²) in [5.41, 5.74) is 1.06. The van der Waals surface area contributed by atoms with Crippen LogP contribution in [0.5, 0.6) is 0 Å². The first-order valence-corrected chi connectivity index (χ1v) is 7.86. The average molecular weight is 353 g/mol. The zero-order valence-electron chi connectivity index (χ0n) is 12.1. The van der Waals surface area contributed by atoms with Gasteiger partial charge in [0.15, 0.2) is 5.78 Å². The number of nitrogens with zero attached hydrogens (tertiary/aromatic N) is 2. The first-order valence-electron chi connectivity index (χ1n) is 7.07. The van der Waals surface area contributed by atoms with Gasteiger partial charge in [0.1, 0.15) is 5.82 Å². The number of carbonyl (C=O) groups excluding carboxylic acids is 1. The van der Waals surface area contributed by atoms with Crippen LogP contribution < -0.4 is 0 Å². The van der Waals surface area contributed by atoms with E-state index in [1.54, 1.807) is 6.07 Å². The van der Waals surface area contributed by atoms with Crippen molar-refractivity contribution < 1.29 is 9.18 Å². The number of halogens is 2. The Balaban J connectivity index is 2.15. The van der Waals surface area contributed by atoms with Crippen molar-refractivity contribution in [1.29, 1.82) is 0 Å². The molecular weight excluding hydrogens is 335 g/mol. The van der Waals surface area contributed by atoms with Crippen LogP contribution in [0.3, 0.4) is 0 Å². The summed E-state index contributed by atoms with van der Waals surface area (Å²) in [4.78, 5) is 12.3. The number of ketones is 1. The van der Waals surface area contributed by atoms with Crippen molar-refractivity contribution in [1.82, 2.24) is 9.78 Å². The lowest BCUT2D eigenvalue weighted by Gasteiger charge is -2.12. The van der Waals surface area contributed by atoms with E-state index in [4.69, 9.17) is 0 Å². The van der Waals surface area contributed by atoms with E-state index < -0.39 is 5.82 Å². The molecule has 3 nitrogen and oxygen atoms in total. The van der Waals surface area contributed by atoms with Gasteiger partial charge in [-0.2, -0.15) is 5.10 Å². The molecule has 0 amide bonds. The van der Waals surface area contributed by atoms with Crippen molar-refractivity contribution in [2.75, 3.05) is 0 Å². The van der Waals surface area contributed by atoms with E-state index in [0.29, 0.717) is 21.8 Å². The van der Waals surface area contributed by atoms with Gasteiger partial charge in [-0.15, -0.1) is 0 Å². The second-order valence-electron chi connectivity index (χ2n) is 4.98. The molecule has 0 saturated heterocycles. The first kappa shape index (κ1) is 15.9. The lowest BCUT2D eigenvalue weighted by Crippen LogP contribution is -2.10. The zero-order valence-corrected chi connectivity index (χ0v) is 13.7. The molecule has 0 unspecified atom stereocenters. The lowest BCUT2D eigenvalue weighted by molar-refractivity contribution is 0.0990. The Morgan fingerprint density at radius 3 is 2.71 bits per heavy atom. The van der Waals surface area contributed by atoms with E-state index in [1.165, 1.54) is 12.1 Å². The maximum atomic E-state index is 13.3. The molecule has 1 heterocycles. The highest BCUT2D eigenvalue weighted by molar-refractivity contribution is 9.10. The van der Waals surface area contributed by atoms with Crippen LogP contribution in [-0.2, 0) is 6.42 Å². The third-order valence-corrected chi connectivity index (χ3v) is 4.24. The molecule has 0 aliphatic rings. The molecule has 0 fully saturated rings. The molecule has 0 N–H and O–H groups in total. The van der Waals surface area contributed by atoms with Crippen LogP contribution in [0.25, 0.3) is 0 Å². The van der Waals surface area contributed by atoms with Crippen LogP contribution >= 0.6 is 15.9 Å². The topological polar surface area (TPSA) is 34.9 Å². The fourth-order valence-corrected chi connectivity index (χ4v) is 2.78. The Hall–Kier alpha value is -1.49. The number of benzene rings is 1. The van der Waals surface area contributed by atoms with E-state index in [2.05, 4.69) is 34.9 Å². The average Bonchev–Trinajstić information content (AvgIpc) is 2.91. The van der Waals surface area contributed by atoms with Crippen molar-refractivity contribution in [3.63, 3.8) is 0 Å². The molecule has 0 saturated carbocycles. The quantitative estimate of drug-likeness (QED) is 0.713. The Morgan fingerprint density at radius 1 is 1.33 bits per heavy atom. The van der Waals surface area contributed by atoms with Gasteiger partial charge in [-0.3, -0.25) is 9.48 Å². The normalized spacial score (nSPS) is 11.1. The maximum absolute atomic E-state index is 13.3. The highest BCUT2D eigenvalue weighted by Crippen LogP contribution is 2.20. The highest BCUT2D eigenvalue weighted by atomic mass is 79.9. The molecule has 0 aliphatic heterocycles. The van der Waals surface area contributed by atoms with Gasteiger partial charge in [-0.25, -0.2) is 4.39 Å². The second kappa shape index (κ2) is 6.98. The van der Waals surface area contributed by atoms with E-state index in [0.717, 1.165) is 12.8 Å². The molecule has 0 radical (unpaired) electrons. The summed E-state index contributed by atoms with van der Waals surface area (Å²) in [5.74, 6) is -0.555. The smallest absolute Gasteiger partial charge is 0.170 e. The molecule has 5 heteroatoms. The molecule has 0 aliphatic carbocycles. The number of hydrogen-bond donors (Lipinski definition) is 0. The molecule has 21 heavy (non-hydrogen) atoms. The van der Waals surface area contributed by atoms with Crippen molar-refractivity contribution in [2.24, 2.45) is 0 Å². The molecule has 112 valence electrons. The third kappa shape index (κ3) is 3.79. The highest BCUT2D eigenvalue weighted by Gasteiger charge is 2.15. The predicted molar refractivity (Wildman–Crippen MR) is 84.0 cm³/mol. The van der Waals surface area contributed by atoms with Crippen LogP contribution in [0.1, 0.15) is 48.8 Å². The zero-order chi connectivity index (χ0) is 15.4. The van der Waals surface area contributed by atoms with Crippen molar-refractivity contribution in [3.8, 4) is 0 Å². The summed E-state index contributed by atoms with van der Waals surface area (Å²) >= 11 is 3.28. The Labute approximate surface area is 132 Å². The van der Waals surface area contributed by atoms with Gasteiger partial charge in [-0.1, -0.05) is 29.8 Å². The fraction of sp³-hybridized carbons (Fsp3) is 0.375. The minimum Gasteiger partial charge on any atom is -0.294 e. The molecule has 0 bridgehead atoms. The minimum absolute atomic E-state index is 0.142. The summed E-state index contributed by atoms with van der Waals surface area (Å²) in [7, 11) is 0. The van der Waals surface area contributed by atoms with Crippen molar-refractivity contribution in [2.45, 2.75) is 39.2 Å². The van der Waals surface area contributed by atoms with Crippen LogP contribution in [0.4, 0.5) is 4.39 Å². The molecule has 1 aromatic heterocycles. The summed E-state index contributed by atoms with van der Waals surface area (Å²) < 4.78 is 15.8. The van der Waals surface area contributed by atoms with Gasteiger partial charge in [0.2, 0.25) is 0 Å². The fourth-order valence-electron chi connectivity index (χ4n) is 2.31. The van der Waals surface area contributed by atoms with Gasteiger partial charge in [-0.05, 0) is 37.1 Å². The minimum atomic E-state index is -0.413. The summed E-state index contributed by atoms with van der Waals surface area (Å²) in [5, 5.41) is 4.46. The Kier molecular flexibility index (Phi) is 5.28. The second-order valence-corrected chi connectivity index (χ2v) is 5.84. The van der Waals surface area contributed by atoms with Gasteiger partial charge < -0.3 is 0 Å². The van der Waals surface area contributed by atoms with Crippen molar-refractivity contribution >= 4 is 21.7 Å². The summed E-state index contributed by atoms with van der Waals surface area (Å²) in [6.07, 6.45) is 4.08. The van der Waals surface area contributed by atoms with Gasteiger partial charge in [0, 0.05) is 16.2 Å². The van der Waals surface area contributed by atoms with E-state index >= 15 is 0 Å². The predicted octanol–water partition coefficient (Wildman–Crippen LogP) is 4.57. The number of rotatable bonds is 6. The molecule has 0 atom stereocenters. The molecule has 0 spiro atoms. The van der Waals surface area contributed by atoms with Crippen molar-refractivity contribution in [3.05, 3.63) is 52.0 Å². The van der Waals surface area contributed by atoms with E-state index in [9.17, 15) is 9.18 Å². The maximum Gasteiger partial charge on any atom is 0.170 e. The largest absolute Gasteiger partial charge is 0.294 e. The van der Waals surface area contributed by atoms with Crippen LogP contribution in [0, 0.1) is 5.82 Å². The monoisotopic (exact) mass is 352 g/mol. The first-order chi connectivity index (χ1) is 10.0. The van der Waals surface area contributed by atoms with E-state index in [1.807, 2.05) is 16.9 Å². The van der Waals surface area contributed by atoms with E-state index in [-0.39, 0.29) is 12.2 Å². The number of carbonyl (C=O) groups is 1. The Bertz CT molecular complexity index is 635. The lowest BCUT2D eigenvalue weighted by atomic mass is 10.1. The third-order valence-electron chi connectivity index (χ3n) is 3.55. The van der Waals surface area contributed by atoms with Gasteiger partial charge in [0.25, 0.3) is 0 Å². The summed E-state index contributed by atoms with van der Waals surface area (Å²) in [6.45, 7) is 4.23. The Morgan fingerprint density at radius 2 is 2.05 bits per heavy atom. The summed E-state index contributed by atoms with van der Waals surface area (Å²) in [6, 6.07) is 6.33. The molecule has 2 rings (SSSR count). The van der Waals surface area contributed by atoms with Crippen LogP contribution in [0.15, 0.2) is 34.9 Å². The van der Waals surface area contributed by atoms with Gasteiger partial charge in [0.05, 0.1) is 18.2 Å². The number of hydrogen-bond acceptors (Lipinski definition) is 2. The van der Waals surface area contributed by atoms with Crippen LogP contribution in [-0.4, -0.2) is 15.6 Å². The number of aromatic nitrogens is 2. The SMILES string of the molecule is CCC(CC)n1ccc(CC(=O)c2cc(F)ccc2Br)n1. The molecular formula is C16H18BrFN2O. The molecule has 2 aromatic rings. The standard InChI is InChI=1S/C16H18BrFN2O/c1-3-13(4-2)20-8-7-12(19-20)10-16(21)14-9-11(18)5-6-15(14)17/h5-9,13H,3-4,10H2,1-2H3. The molecule has 1 aromatic carbocycles. The van der Waals surface area contributed by atoms with Crippen LogP contribution in [0.2, 0.25) is 0 Å². The van der Waals surface area contributed by atoms with Gasteiger partial charge >= 0.3 is 0 Å².